The summed E-state index contributed by atoms with van der Waals surface area (Å²) in [4.78, 5) is 17.5. The number of hydrogen-bond donors (Lipinski definition) is 2. The summed E-state index contributed by atoms with van der Waals surface area (Å²) in [6, 6.07) is 8.65. The molecule has 0 radical (unpaired) electrons. The number of nitrogens with zero attached hydrogens (tertiary/aromatic N) is 2. The molecule has 0 aromatic heterocycles. The summed E-state index contributed by atoms with van der Waals surface area (Å²) in [6.45, 7) is 10.6. The monoisotopic (exact) mass is 438 g/mol. The number of carbonyl (C=O) groups is 1. The summed E-state index contributed by atoms with van der Waals surface area (Å²) < 4.78 is 0. The summed E-state index contributed by atoms with van der Waals surface area (Å²) in [7, 11) is 0. The third-order valence-electron chi connectivity index (χ3n) is 5.32. The molecule has 27 heavy (non-hydrogen) atoms. The molecule has 2 atom stereocenters. The van der Waals surface area contributed by atoms with Crippen molar-refractivity contribution in [3.8, 4) is 0 Å². The number of rotatable bonds is 4. The molecule has 2 fully saturated rings. The van der Waals surface area contributed by atoms with Crippen LogP contribution in [-0.2, 0) is 4.79 Å². The summed E-state index contributed by atoms with van der Waals surface area (Å²) in [5.41, 5.74) is 2.11. The van der Waals surface area contributed by atoms with E-state index in [-0.39, 0.29) is 49.0 Å². The minimum atomic E-state index is 0. The lowest BCUT2D eigenvalue weighted by atomic mass is 9.92. The molecule has 0 spiro atoms. The molecule has 3 rings (SSSR count). The second-order valence-corrected chi connectivity index (χ2v) is 7.00. The Morgan fingerprint density at radius 3 is 2.44 bits per heavy atom. The fourth-order valence-electron chi connectivity index (χ4n) is 3.76. The summed E-state index contributed by atoms with van der Waals surface area (Å²) >= 11 is 0. The molecule has 2 heterocycles. The van der Waals surface area contributed by atoms with Gasteiger partial charge in [-0.15, -0.1) is 37.2 Å². The maximum Gasteiger partial charge on any atom is 0.227 e. The van der Waals surface area contributed by atoms with E-state index in [1.165, 1.54) is 0 Å². The SMILES string of the molecule is CCN1CCN(c2ccccc2NC(=O)[C@H]2CCN[C@@H](C)C2)CC1.Cl.Cl.Cl. The van der Waals surface area contributed by atoms with Crippen LogP contribution in [0.3, 0.4) is 0 Å². The van der Waals surface area contributed by atoms with Gasteiger partial charge in [0, 0.05) is 38.1 Å². The number of halogens is 3. The van der Waals surface area contributed by atoms with Crippen molar-refractivity contribution in [2.75, 3.05) is 49.5 Å². The average molecular weight is 440 g/mol. The largest absolute Gasteiger partial charge is 0.367 e. The van der Waals surface area contributed by atoms with E-state index in [9.17, 15) is 4.79 Å². The number of likely N-dealkylation sites (N-methyl/N-ethyl adjacent to an activating group) is 1. The van der Waals surface area contributed by atoms with Gasteiger partial charge in [-0.05, 0) is 45.0 Å². The number of benzene rings is 1. The predicted octanol–water partition coefficient (Wildman–Crippen LogP) is 3.42. The van der Waals surface area contributed by atoms with E-state index in [1.807, 2.05) is 12.1 Å². The maximum atomic E-state index is 12.7. The Bertz CT molecular complexity index is 568. The van der Waals surface area contributed by atoms with Gasteiger partial charge in [0.15, 0.2) is 0 Å². The van der Waals surface area contributed by atoms with Gasteiger partial charge in [0.05, 0.1) is 11.4 Å². The highest BCUT2D eigenvalue weighted by Gasteiger charge is 2.26. The number of piperidine rings is 1. The van der Waals surface area contributed by atoms with E-state index in [1.54, 1.807) is 0 Å². The minimum Gasteiger partial charge on any atom is -0.367 e. The zero-order valence-corrected chi connectivity index (χ0v) is 18.6. The van der Waals surface area contributed by atoms with Crippen LogP contribution < -0.4 is 15.5 Å². The van der Waals surface area contributed by atoms with Crippen LogP contribution in [0.2, 0.25) is 0 Å². The smallest absolute Gasteiger partial charge is 0.227 e. The molecule has 0 bridgehead atoms. The van der Waals surface area contributed by atoms with Gasteiger partial charge in [0.25, 0.3) is 0 Å². The van der Waals surface area contributed by atoms with Gasteiger partial charge in [-0.2, -0.15) is 0 Å². The molecule has 156 valence electrons. The van der Waals surface area contributed by atoms with E-state index < -0.39 is 0 Å². The lowest BCUT2D eigenvalue weighted by Gasteiger charge is -2.36. The molecule has 1 amide bonds. The van der Waals surface area contributed by atoms with Gasteiger partial charge in [-0.25, -0.2) is 0 Å². The molecule has 0 aliphatic carbocycles. The molecule has 1 aromatic rings. The molecule has 2 N–H and O–H groups in total. The van der Waals surface area contributed by atoms with Gasteiger partial charge < -0.3 is 20.4 Å². The van der Waals surface area contributed by atoms with Crippen LogP contribution in [0.5, 0.6) is 0 Å². The zero-order chi connectivity index (χ0) is 16.9. The third-order valence-corrected chi connectivity index (χ3v) is 5.32. The van der Waals surface area contributed by atoms with Gasteiger partial charge in [-0.1, -0.05) is 19.1 Å². The van der Waals surface area contributed by atoms with E-state index >= 15 is 0 Å². The summed E-state index contributed by atoms with van der Waals surface area (Å²) in [6.07, 6.45) is 1.84. The predicted molar refractivity (Wildman–Crippen MR) is 121 cm³/mol. The molecule has 2 aliphatic rings. The van der Waals surface area contributed by atoms with Crippen molar-refractivity contribution in [2.24, 2.45) is 5.92 Å². The Balaban J connectivity index is 0.00000225. The van der Waals surface area contributed by atoms with Crippen LogP contribution in [0.4, 0.5) is 11.4 Å². The van der Waals surface area contributed by atoms with Crippen LogP contribution in [0, 0.1) is 5.92 Å². The lowest BCUT2D eigenvalue weighted by Crippen LogP contribution is -2.46. The van der Waals surface area contributed by atoms with Crippen molar-refractivity contribution >= 4 is 54.5 Å². The molecule has 8 heteroatoms. The van der Waals surface area contributed by atoms with E-state index in [0.29, 0.717) is 6.04 Å². The van der Waals surface area contributed by atoms with Crippen LogP contribution in [0.15, 0.2) is 24.3 Å². The number of piperazine rings is 1. The Morgan fingerprint density at radius 1 is 1.15 bits per heavy atom. The molecular formula is C19H33Cl3N4O. The number of nitrogens with one attached hydrogen (secondary N) is 2. The molecule has 1 aromatic carbocycles. The maximum absolute atomic E-state index is 12.7. The van der Waals surface area contributed by atoms with Gasteiger partial charge in [0.1, 0.15) is 0 Å². The molecule has 0 saturated carbocycles. The van der Waals surface area contributed by atoms with E-state index in [0.717, 1.165) is 63.5 Å². The Labute approximate surface area is 181 Å². The topological polar surface area (TPSA) is 47.6 Å². The van der Waals surface area contributed by atoms with Crippen molar-refractivity contribution in [2.45, 2.75) is 32.7 Å². The highest BCUT2D eigenvalue weighted by atomic mass is 35.5. The Hall–Kier alpha value is -0.720. The highest BCUT2D eigenvalue weighted by molar-refractivity contribution is 5.96. The van der Waals surface area contributed by atoms with Crippen molar-refractivity contribution in [1.82, 2.24) is 10.2 Å². The molecule has 2 aliphatic heterocycles. The zero-order valence-electron chi connectivity index (χ0n) is 16.1. The molecular weight excluding hydrogens is 407 g/mol. The second-order valence-electron chi connectivity index (χ2n) is 7.00. The van der Waals surface area contributed by atoms with Crippen LogP contribution in [0.25, 0.3) is 0 Å². The van der Waals surface area contributed by atoms with Crippen molar-refractivity contribution in [1.29, 1.82) is 0 Å². The number of hydrogen-bond acceptors (Lipinski definition) is 4. The van der Waals surface area contributed by atoms with E-state index in [2.05, 4.69) is 46.4 Å². The highest BCUT2D eigenvalue weighted by Crippen LogP contribution is 2.28. The molecule has 2 saturated heterocycles. The van der Waals surface area contributed by atoms with Crippen LogP contribution in [-0.4, -0.2) is 56.1 Å². The first-order valence-electron chi connectivity index (χ1n) is 9.28. The quantitative estimate of drug-likeness (QED) is 0.754. The van der Waals surface area contributed by atoms with Crippen molar-refractivity contribution in [3.63, 3.8) is 0 Å². The van der Waals surface area contributed by atoms with Gasteiger partial charge in [-0.3, -0.25) is 4.79 Å². The first-order valence-corrected chi connectivity index (χ1v) is 9.28. The van der Waals surface area contributed by atoms with Crippen molar-refractivity contribution in [3.05, 3.63) is 24.3 Å². The van der Waals surface area contributed by atoms with Gasteiger partial charge >= 0.3 is 0 Å². The fourth-order valence-corrected chi connectivity index (χ4v) is 3.76. The lowest BCUT2D eigenvalue weighted by molar-refractivity contribution is -0.120. The first-order chi connectivity index (χ1) is 11.7. The normalized spacial score (nSPS) is 22.7. The standard InChI is InChI=1S/C19H30N4O.3ClH/c1-3-22-10-12-23(13-11-22)18-7-5-4-6-17(18)21-19(24)16-8-9-20-15(2)14-16;;;/h4-7,15-16,20H,3,8-14H2,1-2H3,(H,21,24);3*1H/t15-,16-;;;/m0.../s1. The number of para-hydroxylation sites is 2. The average Bonchev–Trinajstić information content (AvgIpc) is 2.62. The minimum absolute atomic E-state index is 0. The van der Waals surface area contributed by atoms with E-state index in [4.69, 9.17) is 0 Å². The van der Waals surface area contributed by atoms with Crippen LogP contribution in [0.1, 0.15) is 26.7 Å². The molecule has 0 unspecified atom stereocenters. The Kier molecular flexibility index (Phi) is 12.3. The first kappa shape index (κ1) is 26.3. The third kappa shape index (κ3) is 6.99. The van der Waals surface area contributed by atoms with Crippen LogP contribution >= 0.6 is 37.2 Å². The number of amides is 1. The number of carbonyl (C=O) groups excluding carboxylic acids is 1. The van der Waals surface area contributed by atoms with Crippen molar-refractivity contribution < 1.29 is 4.79 Å². The Morgan fingerprint density at radius 2 is 1.81 bits per heavy atom. The summed E-state index contributed by atoms with van der Waals surface area (Å²) in [5, 5.41) is 6.61. The number of anilines is 2. The van der Waals surface area contributed by atoms with Gasteiger partial charge in [0.2, 0.25) is 5.91 Å². The summed E-state index contributed by atoms with van der Waals surface area (Å²) in [5.74, 6) is 0.286. The molecule has 5 nitrogen and oxygen atoms in total. The second kappa shape index (κ2) is 12.7. The fraction of sp³-hybridized carbons (Fsp3) is 0.632.